The molecule has 0 spiro atoms. The molecule has 0 atom stereocenters. The largest absolute Gasteiger partial charge is 0.437 e. The molecule has 2 aromatic heterocycles. The summed E-state index contributed by atoms with van der Waals surface area (Å²) in [4.78, 5) is 8.68. The van der Waals surface area contributed by atoms with Gasteiger partial charge in [0.1, 0.15) is 11.6 Å². The van der Waals surface area contributed by atoms with Gasteiger partial charge in [-0.1, -0.05) is 17.8 Å². The fourth-order valence-corrected chi connectivity index (χ4v) is 2.42. The number of anilines is 1. The molecule has 0 unspecified atom stereocenters. The molecule has 0 saturated carbocycles. The Morgan fingerprint density at radius 2 is 2.22 bits per heavy atom. The smallest absolute Gasteiger partial charge is 0.256 e. The van der Waals surface area contributed by atoms with Gasteiger partial charge in [-0.3, -0.25) is 0 Å². The zero-order chi connectivity index (χ0) is 13.0. The number of thioether (sulfide) groups is 1. The van der Waals surface area contributed by atoms with Gasteiger partial charge in [0.2, 0.25) is 0 Å². The molecule has 0 bridgehead atoms. The molecule has 5 heteroatoms. The summed E-state index contributed by atoms with van der Waals surface area (Å²) in [5.74, 6) is 2.62. The molecular weight excluding hydrogens is 246 g/mol. The SMILES string of the molecule is CCNc1ncccc1CSc1nc(C)c(C)o1. The van der Waals surface area contributed by atoms with Crippen LogP contribution in [0.4, 0.5) is 5.82 Å². The lowest BCUT2D eigenvalue weighted by atomic mass is 10.3. The van der Waals surface area contributed by atoms with Crippen LogP contribution in [0.15, 0.2) is 28.0 Å². The van der Waals surface area contributed by atoms with E-state index in [1.807, 2.05) is 19.9 Å². The van der Waals surface area contributed by atoms with E-state index >= 15 is 0 Å². The van der Waals surface area contributed by atoms with Gasteiger partial charge in [0.05, 0.1) is 5.69 Å². The van der Waals surface area contributed by atoms with E-state index < -0.39 is 0 Å². The molecule has 0 amide bonds. The summed E-state index contributed by atoms with van der Waals surface area (Å²) in [7, 11) is 0. The lowest BCUT2D eigenvalue weighted by Crippen LogP contribution is -2.02. The van der Waals surface area contributed by atoms with Crippen molar-refractivity contribution < 1.29 is 4.42 Å². The lowest BCUT2D eigenvalue weighted by Gasteiger charge is -2.07. The maximum absolute atomic E-state index is 5.55. The minimum atomic E-state index is 0.719. The Morgan fingerprint density at radius 3 is 2.89 bits per heavy atom. The zero-order valence-corrected chi connectivity index (χ0v) is 11.7. The van der Waals surface area contributed by atoms with Gasteiger partial charge >= 0.3 is 0 Å². The van der Waals surface area contributed by atoms with Crippen LogP contribution in [-0.4, -0.2) is 16.5 Å². The zero-order valence-electron chi connectivity index (χ0n) is 10.9. The van der Waals surface area contributed by atoms with Crippen LogP contribution in [0.25, 0.3) is 0 Å². The van der Waals surface area contributed by atoms with Crippen molar-refractivity contribution in [1.82, 2.24) is 9.97 Å². The third-order valence-electron chi connectivity index (χ3n) is 2.60. The number of pyridine rings is 1. The average Bonchev–Trinajstić information content (AvgIpc) is 2.68. The molecule has 18 heavy (non-hydrogen) atoms. The first kappa shape index (κ1) is 13.0. The Hall–Kier alpha value is -1.49. The van der Waals surface area contributed by atoms with Crippen LogP contribution in [0, 0.1) is 13.8 Å². The number of aryl methyl sites for hydroxylation is 2. The lowest BCUT2D eigenvalue weighted by molar-refractivity contribution is 0.431. The van der Waals surface area contributed by atoms with Gasteiger partial charge in [0.15, 0.2) is 0 Å². The highest BCUT2D eigenvalue weighted by molar-refractivity contribution is 7.98. The van der Waals surface area contributed by atoms with Gasteiger partial charge in [-0.15, -0.1) is 0 Å². The fourth-order valence-electron chi connectivity index (χ4n) is 1.53. The third kappa shape index (κ3) is 3.04. The van der Waals surface area contributed by atoms with Crippen LogP contribution in [0.3, 0.4) is 0 Å². The van der Waals surface area contributed by atoms with E-state index in [0.717, 1.165) is 40.4 Å². The molecule has 96 valence electrons. The van der Waals surface area contributed by atoms with E-state index in [4.69, 9.17) is 4.42 Å². The van der Waals surface area contributed by atoms with E-state index in [0.29, 0.717) is 0 Å². The molecular formula is C13H17N3OS. The molecule has 0 aliphatic heterocycles. The predicted octanol–water partition coefficient (Wildman–Crippen LogP) is 3.41. The minimum Gasteiger partial charge on any atom is -0.437 e. The average molecular weight is 263 g/mol. The Kier molecular flexibility index (Phi) is 4.25. The van der Waals surface area contributed by atoms with Crippen molar-refractivity contribution in [2.45, 2.75) is 31.7 Å². The standard InChI is InChI=1S/C13H17N3OS/c1-4-14-12-11(6-5-7-15-12)8-18-13-16-9(2)10(3)17-13/h5-7H,4,8H2,1-3H3,(H,14,15). The molecule has 2 aromatic rings. The summed E-state index contributed by atoms with van der Waals surface area (Å²) in [5.41, 5.74) is 2.12. The number of oxazole rings is 1. The van der Waals surface area contributed by atoms with Crippen molar-refractivity contribution in [2.24, 2.45) is 0 Å². The van der Waals surface area contributed by atoms with Gasteiger partial charge in [-0.2, -0.15) is 0 Å². The van der Waals surface area contributed by atoms with Gasteiger partial charge < -0.3 is 9.73 Å². The second kappa shape index (κ2) is 5.91. The number of hydrogen-bond donors (Lipinski definition) is 1. The highest BCUT2D eigenvalue weighted by Crippen LogP contribution is 2.26. The fraction of sp³-hybridized carbons (Fsp3) is 0.385. The predicted molar refractivity (Wildman–Crippen MR) is 73.9 cm³/mol. The highest BCUT2D eigenvalue weighted by atomic mass is 32.2. The molecule has 0 aliphatic rings. The minimum absolute atomic E-state index is 0.719. The van der Waals surface area contributed by atoms with Gasteiger partial charge in [-0.25, -0.2) is 9.97 Å². The normalized spacial score (nSPS) is 10.6. The number of aromatic nitrogens is 2. The molecule has 0 aliphatic carbocycles. The highest BCUT2D eigenvalue weighted by Gasteiger charge is 2.08. The summed E-state index contributed by atoms with van der Waals surface area (Å²) < 4.78 is 5.55. The molecule has 0 saturated heterocycles. The molecule has 0 radical (unpaired) electrons. The van der Waals surface area contributed by atoms with E-state index in [2.05, 4.69) is 28.3 Å². The number of nitrogens with zero attached hydrogens (tertiary/aromatic N) is 2. The summed E-state index contributed by atoms with van der Waals surface area (Å²) in [6.07, 6.45) is 1.80. The molecule has 2 rings (SSSR count). The summed E-state index contributed by atoms with van der Waals surface area (Å²) in [6.45, 7) is 6.82. The quantitative estimate of drug-likeness (QED) is 0.838. The first-order chi connectivity index (χ1) is 8.70. The Bertz CT molecular complexity index is 505. The Labute approximate surface area is 111 Å². The van der Waals surface area contributed by atoms with Crippen molar-refractivity contribution in [3.63, 3.8) is 0 Å². The van der Waals surface area contributed by atoms with Gasteiger partial charge in [0.25, 0.3) is 5.22 Å². The van der Waals surface area contributed by atoms with E-state index in [-0.39, 0.29) is 0 Å². The first-order valence-electron chi connectivity index (χ1n) is 5.95. The van der Waals surface area contributed by atoms with Crippen molar-refractivity contribution in [3.8, 4) is 0 Å². The number of nitrogens with one attached hydrogen (secondary N) is 1. The molecule has 4 nitrogen and oxygen atoms in total. The van der Waals surface area contributed by atoms with Gasteiger partial charge in [0, 0.05) is 24.1 Å². The van der Waals surface area contributed by atoms with Crippen molar-refractivity contribution in [3.05, 3.63) is 35.3 Å². The molecule has 2 heterocycles. The second-order valence-electron chi connectivity index (χ2n) is 3.95. The summed E-state index contributed by atoms with van der Waals surface area (Å²) in [6, 6.07) is 4.02. The number of hydrogen-bond acceptors (Lipinski definition) is 5. The van der Waals surface area contributed by atoms with Crippen molar-refractivity contribution in [1.29, 1.82) is 0 Å². The third-order valence-corrected chi connectivity index (χ3v) is 3.47. The Balaban J connectivity index is 2.05. The maximum Gasteiger partial charge on any atom is 0.256 e. The monoisotopic (exact) mass is 263 g/mol. The number of rotatable bonds is 5. The van der Waals surface area contributed by atoms with Crippen LogP contribution in [0.1, 0.15) is 23.9 Å². The van der Waals surface area contributed by atoms with Crippen LogP contribution in [-0.2, 0) is 5.75 Å². The van der Waals surface area contributed by atoms with E-state index in [9.17, 15) is 0 Å². The molecule has 0 aromatic carbocycles. The molecule has 1 N–H and O–H groups in total. The molecule has 0 fully saturated rings. The Morgan fingerprint density at radius 1 is 1.39 bits per heavy atom. The maximum atomic E-state index is 5.55. The van der Waals surface area contributed by atoms with Crippen LogP contribution in [0.2, 0.25) is 0 Å². The van der Waals surface area contributed by atoms with Crippen LogP contribution in [0.5, 0.6) is 0 Å². The summed E-state index contributed by atoms with van der Waals surface area (Å²) in [5, 5.41) is 3.97. The van der Waals surface area contributed by atoms with Crippen LogP contribution < -0.4 is 5.32 Å². The van der Waals surface area contributed by atoms with Gasteiger partial charge in [-0.05, 0) is 26.8 Å². The van der Waals surface area contributed by atoms with E-state index in [1.165, 1.54) is 0 Å². The van der Waals surface area contributed by atoms with Crippen molar-refractivity contribution >= 4 is 17.6 Å². The van der Waals surface area contributed by atoms with Crippen molar-refractivity contribution in [2.75, 3.05) is 11.9 Å². The summed E-state index contributed by atoms with van der Waals surface area (Å²) >= 11 is 1.59. The van der Waals surface area contributed by atoms with E-state index in [1.54, 1.807) is 18.0 Å². The first-order valence-corrected chi connectivity index (χ1v) is 6.94. The van der Waals surface area contributed by atoms with Crippen LogP contribution >= 0.6 is 11.8 Å². The second-order valence-corrected chi connectivity index (χ2v) is 4.88. The topological polar surface area (TPSA) is 51.0 Å².